The van der Waals surface area contributed by atoms with Crippen molar-refractivity contribution in [2.24, 2.45) is 0 Å². The number of hydrogen-bond donors (Lipinski definition) is 3. The average Bonchev–Trinajstić information content (AvgIpc) is 2.73. The molecule has 0 spiro atoms. The number of aromatic nitrogens is 2. The zero-order valence-electron chi connectivity index (χ0n) is 11.0. The van der Waals surface area contributed by atoms with Crippen molar-refractivity contribution < 1.29 is 9.21 Å². The molecule has 1 atom stereocenters. The molecule has 0 aliphatic rings. The number of carbonyl (C=O) groups excluding carboxylic acids is 1. The molecule has 2 aromatic rings. The number of hydrogen-bond acceptors (Lipinski definition) is 5. The first-order valence-corrected chi connectivity index (χ1v) is 5.96. The van der Waals surface area contributed by atoms with E-state index in [0.29, 0.717) is 12.3 Å². The van der Waals surface area contributed by atoms with Crippen molar-refractivity contribution in [1.82, 2.24) is 20.6 Å². The summed E-state index contributed by atoms with van der Waals surface area (Å²) >= 11 is 0. The van der Waals surface area contributed by atoms with Gasteiger partial charge in [0, 0.05) is 12.6 Å². The molecule has 0 aliphatic heterocycles. The zero-order chi connectivity index (χ0) is 14.0. The van der Waals surface area contributed by atoms with E-state index >= 15 is 0 Å². The van der Waals surface area contributed by atoms with Crippen LogP contribution in [0.2, 0.25) is 0 Å². The lowest BCUT2D eigenvalue weighted by atomic mass is 10.1. The van der Waals surface area contributed by atoms with E-state index in [9.17, 15) is 9.59 Å². The molecule has 7 nitrogen and oxygen atoms in total. The third kappa shape index (κ3) is 2.50. The Labute approximate surface area is 109 Å². The maximum Gasteiger partial charge on any atom is 0.262 e. The Morgan fingerprint density at radius 2 is 2.32 bits per heavy atom. The van der Waals surface area contributed by atoms with Gasteiger partial charge in [-0.25, -0.2) is 4.98 Å². The second-order valence-electron chi connectivity index (χ2n) is 4.34. The van der Waals surface area contributed by atoms with E-state index in [2.05, 4.69) is 20.6 Å². The highest BCUT2D eigenvalue weighted by molar-refractivity contribution is 6.06. The van der Waals surface area contributed by atoms with Crippen LogP contribution in [0.4, 0.5) is 0 Å². The van der Waals surface area contributed by atoms with E-state index in [4.69, 9.17) is 4.42 Å². The van der Waals surface area contributed by atoms with Crippen molar-refractivity contribution in [3.8, 4) is 0 Å². The summed E-state index contributed by atoms with van der Waals surface area (Å²) in [6.45, 7) is 4.03. The van der Waals surface area contributed by atoms with Crippen molar-refractivity contribution >= 4 is 17.0 Å². The summed E-state index contributed by atoms with van der Waals surface area (Å²) in [5, 5.41) is 5.95. The van der Waals surface area contributed by atoms with Crippen LogP contribution in [0.15, 0.2) is 15.5 Å². The smallest absolute Gasteiger partial charge is 0.262 e. The van der Waals surface area contributed by atoms with Gasteiger partial charge in [0.05, 0.1) is 11.9 Å². The monoisotopic (exact) mass is 264 g/mol. The molecular weight excluding hydrogens is 248 g/mol. The molecule has 2 aromatic heterocycles. The molecule has 0 fully saturated rings. The van der Waals surface area contributed by atoms with E-state index in [1.807, 2.05) is 14.0 Å². The van der Waals surface area contributed by atoms with Gasteiger partial charge in [0.25, 0.3) is 11.5 Å². The number of nitrogens with zero attached hydrogens (tertiary/aromatic N) is 1. The van der Waals surface area contributed by atoms with Crippen LogP contribution in [0.3, 0.4) is 0 Å². The molecule has 2 heterocycles. The van der Waals surface area contributed by atoms with Crippen LogP contribution in [-0.4, -0.2) is 35.5 Å². The van der Waals surface area contributed by atoms with Gasteiger partial charge < -0.3 is 20.0 Å². The minimum atomic E-state index is -0.381. The molecule has 3 N–H and O–H groups in total. The van der Waals surface area contributed by atoms with Gasteiger partial charge in [-0.05, 0) is 20.9 Å². The molecular formula is C12H16N4O3. The van der Waals surface area contributed by atoms with Crippen molar-refractivity contribution in [1.29, 1.82) is 0 Å². The summed E-state index contributed by atoms with van der Waals surface area (Å²) in [4.78, 5) is 30.2. The number of fused-ring (bicyclic) bond motifs is 1. The van der Waals surface area contributed by atoms with E-state index in [1.54, 1.807) is 6.92 Å². The minimum absolute atomic E-state index is 0.138. The topological polar surface area (TPSA) is 100 Å². The lowest BCUT2D eigenvalue weighted by molar-refractivity contribution is 0.0950. The van der Waals surface area contributed by atoms with Gasteiger partial charge in [-0.15, -0.1) is 0 Å². The molecule has 7 heteroatoms. The highest BCUT2D eigenvalue weighted by atomic mass is 16.3. The summed E-state index contributed by atoms with van der Waals surface area (Å²) in [7, 11) is 1.81. The Kier molecular flexibility index (Phi) is 3.66. The molecule has 0 radical (unpaired) electrons. The molecule has 2 rings (SSSR count). The quantitative estimate of drug-likeness (QED) is 0.730. The van der Waals surface area contributed by atoms with Crippen molar-refractivity contribution in [3.63, 3.8) is 0 Å². The molecule has 102 valence electrons. The summed E-state index contributed by atoms with van der Waals surface area (Å²) < 4.78 is 5.33. The van der Waals surface area contributed by atoms with Gasteiger partial charge in [-0.1, -0.05) is 0 Å². The normalized spacial score (nSPS) is 12.6. The van der Waals surface area contributed by atoms with Crippen molar-refractivity contribution in [2.45, 2.75) is 19.9 Å². The predicted molar refractivity (Wildman–Crippen MR) is 70.2 cm³/mol. The van der Waals surface area contributed by atoms with Crippen LogP contribution in [0, 0.1) is 6.92 Å². The van der Waals surface area contributed by atoms with E-state index in [-0.39, 0.29) is 34.2 Å². The zero-order valence-corrected chi connectivity index (χ0v) is 11.0. The SMILES string of the molecule is CNC(C)CNC(=O)c1c(C)oc2nc[nH]c(=O)c12. The number of amides is 1. The van der Waals surface area contributed by atoms with Gasteiger partial charge in [-0.3, -0.25) is 9.59 Å². The van der Waals surface area contributed by atoms with Crippen LogP contribution < -0.4 is 16.2 Å². The maximum atomic E-state index is 12.1. The van der Waals surface area contributed by atoms with Crippen molar-refractivity contribution in [3.05, 3.63) is 28.0 Å². The first-order valence-electron chi connectivity index (χ1n) is 5.96. The molecule has 0 aromatic carbocycles. The van der Waals surface area contributed by atoms with E-state index < -0.39 is 0 Å². The van der Waals surface area contributed by atoms with E-state index in [0.717, 1.165) is 0 Å². The lowest BCUT2D eigenvalue weighted by Crippen LogP contribution is -2.37. The maximum absolute atomic E-state index is 12.1. The number of H-pyrrole nitrogens is 1. The number of aryl methyl sites for hydroxylation is 1. The largest absolute Gasteiger partial charge is 0.442 e. The fourth-order valence-corrected chi connectivity index (χ4v) is 1.76. The predicted octanol–water partition coefficient (Wildman–Crippen LogP) is 0.162. The minimum Gasteiger partial charge on any atom is -0.442 e. The Balaban J connectivity index is 2.37. The Morgan fingerprint density at radius 3 is 3.00 bits per heavy atom. The van der Waals surface area contributed by atoms with Crippen LogP contribution >= 0.6 is 0 Å². The van der Waals surface area contributed by atoms with Crippen LogP contribution in [-0.2, 0) is 0 Å². The first kappa shape index (κ1) is 13.3. The van der Waals surface area contributed by atoms with Gasteiger partial charge in [0.15, 0.2) is 0 Å². The van der Waals surface area contributed by atoms with Gasteiger partial charge >= 0.3 is 0 Å². The standard InChI is InChI=1S/C12H16N4O3/c1-6(13-3)4-14-10(17)8-7(2)19-12-9(8)11(18)15-5-16-12/h5-6,13H,4H2,1-3H3,(H,14,17)(H,15,16,18). The van der Waals surface area contributed by atoms with Crippen LogP contribution in [0.1, 0.15) is 23.0 Å². The molecule has 0 aliphatic carbocycles. The molecule has 0 bridgehead atoms. The summed E-state index contributed by atoms with van der Waals surface area (Å²) in [6.07, 6.45) is 1.25. The highest BCUT2D eigenvalue weighted by Gasteiger charge is 2.21. The van der Waals surface area contributed by atoms with Crippen LogP contribution in [0.5, 0.6) is 0 Å². The number of furan rings is 1. The summed E-state index contributed by atoms with van der Waals surface area (Å²) in [5.41, 5.74) is 0.0365. The lowest BCUT2D eigenvalue weighted by Gasteiger charge is -2.10. The second-order valence-corrected chi connectivity index (χ2v) is 4.34. The Bertz CT molecular complexity index is 659. The number of carbonyl (C=O) groups is 1. The van der Waals surface area contributed by atoms with Crippen LogP contribution in [0.25, 0.3) is 11.1 Å². The molecule has 0 saturated heterocycles. The first-order chi connectivity index (χ1) is 9.04. The molecule has 1 amide bonds. The van der Waals surface area contributed by atoms with Crippen molar-refractivity contribution in [2.75, 3.05) is 13.6 Å². The number of rotatable bonds is 4. The summed E-state index contributed by atoms with van der Waals surface area (Å²) in [6, 6.07) is 0.138. The number of aromatic amines is 1. The molecule has 19 heavy (non-hydrogen) atoms. The Morgan fingerprint density at radius 1 is 1.58 bits per heavy atom. The highest BCUT2D eigenvalue weighted by Crippen LogP contribution is 2.19. The summed E-state index contributed by atoms with van der Waals surface area (Å²) in [5.74, 6) is 0.0469. The van der Waals surface area contributed by atoms with Gasteiger partial charge in [0.1, 0.15) is 11.1 Å². The molecule has 0 saturated carbocycles. The second kappa shape index (κ2) is 5.23. The van der Waals surface area contributed by atoms with Gasteiger partial charge in [0.2, 0.25) is 5.71 Å². The fourth-order valence-electron chi connectivity index (χ4n) is 1.76. The Hall–Kier alpha value is -2.15. The number of likely N-dealkylation sites (N-methyl/N-ethyl adjacent to an activating group) is 1. The third-order valence-electron chi connectivity index (χ3n) is 2.96. The molecule has 1 unspecified atom stereocenters. The average molecular weight is 264 g/mol. The number of nitrogens with one attached hydrogen (secondary N) is 3. The van der Waals surface area contributed by atoms with E-state index in [1.165, 1.54) is 6.33 Å². The fraction of sp³-hybridized carbons (Fsp3) is 0.417. The third-order valence-corrected chi connectivity index (χ3v) is 2.96. The van der Waals surface area contributed by atoms with Gasteiger partial charge in [-0.2, -0.15) is 0 Å².